The summed E-state index contributed by atoms with van der Waals surface area (Å²) in [6, 6.07) is 10.4. The Morgan fingerprint density at radius 1 is 0.900 bits per heavy atom. The molecule has 0 saturated carbocycles. The summed E-state index contributed by atoms with van der Waals surface area (Å²) in [5.74, 6) is 0.540. The summed E-state index contributed by atoms with van der Waals surface area (Å²) in [7, 11) is 3.01. The molecule has 156 valence electrons. The normalized spacial score (nSPS) is 10.5. The molecule has 2 aromatic carbocycles. The van der Waals surface area contributed by atoms with Crippen LogP contribution in [0.15, 0.2) is 58.4 Å². The lowest BCUT2D eigenvalue weighted by Crippen LogP contribution is -2.41. The second kappa shape index (κ2) is 8.69. The highest BCUT2D eigenvalue weighted by atomic mass is 16.5. The molecule has 0 atom stereocenters. The van der Waals surface area contributed by atoms with Gasteiger partial charge in [0.25, 0.3) is 0 Å². The lowest BCUT2D eigenvalue weighted by molar-refractivity contribution is -0.116. The molecule has 1 amide bonds. The van der Waals surface area contributed by atoms with Crippen LogP contribution in [0, 0.1) is 13.8 Å². The van der Waals surface area contributed by atoms with E-state index >= 15 is 0 Å². The molecule has 8 heteroatoms. The number of carbonyl (C=O) groups excluding carboxylic acids is 1. The molecule has 0 aliphatic rings. The summed E-state index contributed by atoms with van der Waals surface area (Å²) >= 11 is 0. The molecule has 1 N–H and O–H groups in total. The fourth-order valence-electron chi connectivity index (χ4n) is 2.98. The van der Waals surface area contributed by atoms with Crippen molar-refractivity contribution in [3.63, 3.8) is 0 Å². The number of benzene rings is 2. The smallest absolute Gasteiger partial charge is 0.320 e. The second-order valence-electron chi connectivity index (χ2n) is 6.79. The zero-order valence-corrected chi connectivity index (χ0v) is 17.3. The number of ether oxygens (including phenoxy) is 2. The molecule has 1 heterocycles. The van der Waals surface area contributed by atoms with Crippen LogP contribution in [0.5, 0.6) is 11.5 Å². The van der Waals surface area contributed by atoms with Crippen LogP contribution in [-0.4, -0.2) is 29.3 Å². The number of aromatic nitrogens is 2. The third kappa shape index (κ3) is 4.27. The van der Waals surface area contributed by atoms with Crippen LogP contribution in [0.4, 0.5) is 5.69 Å². The first-order valence-electron chi connectivity index (χ1n) is 9.25. The van der Waals surface area contributed by atoms with Crippen molar-refractivity contribution in [3.05, 3.63) is 80.6 Å². The van der Waals surface area contributed by atoms with Crippen LogP contribution in [0.25, 0.3) is 5.69 Å². The van der Waals surface area contributed by atoms with Crippen molar-refractivity contribution in [3.8, 4) is 17.2 Å². The molecule has 0 aliphatic heterocycles. The van der Waals surface area contributed by atoms with Crippen molar-refractivity contribution in [1.82, 2.24) is 9.13 Å². The van der Waals surface area contributed by atoms with E-state index in [4.69, 9.17) is 9.47 Å². The quantitative estimate of drug-likeness (QED) is 0.631. The molecule has 3 aromatic rings. The van der Waals surface area contributed by atoms with E-state index in [-0.39, 0.29) is 6.54 Å². The molecular formula is C22H23N3O5. The van der Waals surface area contributed by atoms with Gasteiger partial charge in [-0.3, -0.25) is 23.5 Å². The van der Waals surface area contributed by atoms with Crippen LogP contribution >= 0.6 is 0 Å². The minimum Gasteiger partial charge on any atom is -0.493 e. The highest BCUT2D eigenvalue weighted by Crippen LogP contribution is 2.29. The molecule has 0 radical (unpaired) electrons. The molecule has 0 unspecified atom stereocenters. The maximum absolute atomic E-state index is 12.5. The van der Waals surface area contributed by atoms with Crippen LogP contribution < -0.4 is 25.9 Å². The summed E-state index contributed by atoms with van der Waals surface area (Å²) in [5.41, 5.74) is 1.68. The maximum atomic E-state index is 12.5. The monoisotopic (exact) mass is 409 g/mol. The van der Waals surface area contributed by atoms with Crippen molar-refractivity contribution in [2.75, 3.05) is 19.5 Å². The van der Waals surface area contributed by atoms with Crippen molar-refractivity contribution in [2.45, 2.75) is 20.4 Å². The number of hydrogen-bond donors (Lipinski definition) is 1. The van der Waals surface area contributed by atoms with Gasteiger partial charge in [0.2, 0.25) is 5.91 Å². The second-order valence-corrected chi connectivity index (χ2v) is 6.79. The van der Waals surface area contributed by atoms with Crippen LogP contribution in [0.2, 0.25) is 0 Å². The Hall–Kier alpha value is -3.81. The number of amides is 1. The van der Waals surface area contributed by atoms with Gasteiger partial charge in [0, 0.05) is 29.8 Å². The number of nitrogens with one attached hydrogen (secondary N) is 1. The van der Waals surface area contributed by atoms with Crippen LogP contribution in [0.3, 0.4) is 0 Å². The molecular weight excluding hydrogens is 386 g/mol. The Balaban J connectivity index is 1.81. The fraction of sp³-hybridized carbons (Fsp3) is 0.227. The first-order valence-corrected chi connectivity index (χ1v) is 9.25. The van der Waals surface area contributed by atoms with Gasteiger partial charge in [-0.2, -0.15) is 0 Å². The summed E-state index contributed by atoms with van der Waals surface area (Å²) in [4.78, 5) is 37.4. The molecule has 1 aromatic heterocycles. The fourth-order valence-corrected chi connectivity index (χ4v) is 2.98. The van der Waals surface area contributed by atoms with Gasteiger partial charge in [0.15, 0.2) is 11.5 Å². The minimum atomic E-state index is -0.779. The maximum Gasteiger partial charge on any atom is 0.320 e. The molecule has 0 spiro atoms. The van der Waals surface area contributed by atoms with Crippen molar-refractivity contribution >= 4 is 11.6 Å². The van der Waals surface area contributed by atoms with Gasteiger partial charge in [-0.05, 0) is 49.2 Å². The van der Waals surface area contributed by atoms with Crippen molar-refractivity contribution < 1.29 is 14.3 Å². The predicted octanol–water partition coefficient (Wildman–Crippen LogP) is 2.27. The van der Waals surface area contributed by atoms with E-state index in [1.165, 1.54) is 31.2 Å². The molecule has 0 saturated heterocycles. The summed E-state index contributed by atoms with van der Waals surface area (Å²) in [6.07, 6.45) is 2.91. The number of hydrogen-bond acceptors (Lipinski definition) is 5. The third-order valence-corrected chi connectivity index (χ3v) is 4.81. The molecule has 8 nitrogen and oxygen atoms in total. The van der Waals surface area contributed by atoms with Gasteiger partial charge in [0.05, 0.1) is 14.2 Å². The summed E-state index contributed by atoms with van der Waals surface area (Å²) in [6.45, 7) is 3.61. The Morgan fingerprint density at radius 2 is 1.63 bits per heavy atom. The predicted molar refractivity (Wildman–Crippen MR) is 114 cm³/mol. The SMILES string of the molecule is COc1ccc(NC(=O)Cn2ccn(-c3ccc(C)c(C)c3)c(=O)c2=O)cc1OC. The number of anilines is 1. The van der Waals surface area contributed by atoms with Gasteiger partial charge in [-0.15, -0.1) is 0 Å². The Morgan fingerprint density at radius 3 is 2.30 bits per heavy atom. The Labute approximate surface area is 173 Å². The molecule has 0 bridgehead atoms. The Kier molecular flexibility index (Phi) is 6.06. The van der Waals surface area contributed by atoms with Gasteiger partial charge in [-0.25, -0.2) is 0 Å². The molecule has 0 aliphatic carbocycles. The average Bonchev–Trinajstić information content (AvgIpc) is 2.73. The first-order chi connectivity index (χ1) is 14.3. The zero-order chi connectivity index (χ0) is 21.8. The zero-order valence-electron chi connectivity index (χ0n) is 17.3. The van der Waals surface area contributed by atoms with E-state index in [1.54, 1.807) is 24.3 Å². The number of rotatable bonds is 6. The molecule has 30 heavy (non-hydrogen) atoms. The van der Waals surface area contributed by atoms with E-state index in [9.17, 15) is 14.4 Å². The van der Waals surface area contributed by atoms with E-state index < -0.39 is 17.0 Å². The average molecular weight is 409 g/mol. The van der Waals surface area contributed by atoms with E-state index in [2.05, 4.69) is 5.32 Å². The molecule has 0 fully saturated rings. The third-order valence-electron chi connectivity index (χ3n) is 4.81. The van der Waals surface area contributed by atoms with Crippen molar-refractivity contribution in [1.29, 1.82) is 0 Å². The highest BCUT2D eigenvalue weighted by Gasteiger charge is 2.12. The number of carbonyl (C=O) groups is 1. The minimum absolute atomic E-state index is 0.295. The highest BCUT2D eigenvalue weighted by molar-refractivity contribution is 5.90. The van der Waals surface area contributed by atoms with E-state index in [0.29, 0.717) is 22.9 Å². The van der Waals surface area contributed by atoms with E-state index in [1.807, 2.05) is 26.0 Å². The van der Waals surface area contributed by atoms with Gasteiger partial charge < -0.3 is 14.8 Å². The standard InChI is InChI=1S/C22H23N3O5/c1-14-5-7-17(11-15(14)2)25-10-9-24(21(27)22(25)28)13-20(26)23-16-6-8-18(29-3)19(12-16)30-4/h5-12H,13H2,1-4H3,(H,23,26). The number of methoxy groups -OCH3 is 2. The molecule has 3 rings (SSSR count). The van der Waals surface area contributed by atoms with Crippen LogP contribution in [-0.2, 0) is 11.3 Å². The van der Waals surface area contributed by atoms with Gasteiger partial charge >= 0.3 is 11.1 Å². The Bertz CT molecular complexity index is 1210. The lowest BCUT2D eigenvalue weighted by atomic mass is 10.1. The van der Waals surface area contributed by atoms with Gasteiger partial charge in [0.1, 0.15) is 6.54 Å². The van der Waals surface area contributed by atoms with E-state index in [0.717, 1.165) is 15.7 Å². The largest absolute Gasteiger partial charge is 0.493 e. The van der Waals surface area contributed by atoms with Crippen molar-refractivity contribution in [2.24, 2.45) is 0 Å². The summed E-state index contributed by atoms with van der Waals surface area (Å²) < 4.78 is 12.7. The van der Waals surface area contributed by atoms with Crippen LogP contribution in [0.1, 0.15) is 11.1 Å². The lowest BCUT2D eigenvalue weighted by Gasteiger charge is -2.12. The number of aryl methyl sites for hydroxylation is 2. The van der Waals surface area contributed by atoms with Gasteiger partial charge in [-0.1, -0.05) is 6.07 Å². The number of nitrogens with zero attached hydrogens (tertiary/aromatic N) is 2. The summed E-state index contributed by atoms with van der Waals surface area (Å²) in [5, 5.41) is 2.68. The first kappa shape index (κ1) is 20.9. The topological polar surface area (TPSA) is 91.6 Å².